The van der Waals surface area contributed by atoms with Gasteiger partial charge in [0, 0.05) is 6.92 Å². The lowest BCUT2D eigenvalue weighted by Gasteiger charge is -2.11. The lowest BCUT2D eigenvalue weighted by Crippen LogP contribution is -2.19. The summed E-state index contributed by atoms with van der Waals surface area (Å²) >= 11 is 0. The molecule has 9 heteroatoms. The van der Waals surface area contributed by atoms with Crippen molar-refractivity contribution in [2.45, 2.75) is 25.9 Å². The first-order chi connectivity index (χ1) is 8.09. The van der Waals surface area contributed by atoms with Crippen molar-refractivity contribution in [3.8, 4) is 0 Å². The Morgan fingerprint density at radius 2 is 1.89 bits per heavy atom. The largest absolute Gasteiger partial charge is 0.462 e. The molecule has 0 saturated heterocycles. The van der Waals surface area contributed by atoms with Crippen LogP contribution in [0.2, 0.25) is 0 Å². The van der Waals surface area contributed by atoms with Crippen molar-refractivity contribution in [3.63, 3.8) is 0 Å². The maximum absolute atomic E-state index is 13.1. The van der Waals surface area contributed by atoms with E-state index in [1.165, 1.54) is 12.0 Å². The van der Waals surface area contributed by atoms with Crippen LogP contribution in [0.25, 0.3) is 0 Å². The number of carbonyl (C=O) groups is 1. The van der Waals surface area contributed by atoms with Crippen LogP contribution in [-0.4, -0.2) is 22.8 Å². The van der Waals surface area contributed by atoms with E-state index in [4.69, 9.17) is 0 Å². The standard InChI is InChI=1S/C9H9F5N2O2/c1-3-18-7(17)4-5(8(2,10)11)15-16-6(4)9(12,13)14/h3H2,1-2H3,(H,15,16). The normalized spacial score (nSPS) is 12.6. The van der Waals surface area contributed by atoms with Crippen molar-refractivity contribution in [3.05, 3.63) is 17.0 Å². The monoisotopic (exact) mass is 272 g/mol. The van der Waals surface area contributed by atoms with Gasteiger partial charge in [-0.05, 0) is 6.92 Å². The Labute approximate surface area is 98.1 Å². The SMILES string of the molecule is CCOC(=O)c1c(C(C)(F)F)n[nH]c1C(F)(F)F. The number of ether oxygens (including phenoxy) is 1. The minimum Gasteiger partial charge on any atom is -0.462 e. The number of halogens is 5. The molecule has 0 amide bonds. The molecule has 1 rings (SSSR count). The second-order valence-corrected chi connectivity index (χ2v) is 3.43. The molecule has 0 spiro atoms. The first-order valence-electron chi connectivity index (χ1n) is 4.80. The number of hydrogen-bond acceptors (Lipinski definition) is 3. The topological polar surface area (TPSA) is 55.0 Å². The minimum atomic E-state index is -5.00. The quantitative estimate of drug-likeness (QED) is 0.680. The zero-order valence-corrected chi connectivity index (χ0v) is 9.36. The summed E-state index contributed by atoms with van der Waals surface area (Å²) in [5, 5.41) is 4.27. The van der Waals surface area contributed by atoms with E-state index in [0.717, 1.165) is 0 Å². The van der Waals surface area contributed by atoms with Crippen LogP contribution in [0.15, 0.2) is 0 Å². The molecule has 0 aliphatic heterocycles. The molecular formula is C9H9F5N2O2. The first kappa shape index (κ1) is 14.4. The Balaban J connectivity index is 3.40. The van der Waals surface area contributed by atoms with Crippen molar-refractivity contribution < 1.29 is 31.5 Å². The summed E-state index contributed by atoms with van der Waals surface area (Å²) < 4.78 is 68.0. The number of rotatable bonds is 3. The molecule has 0 aromatic carbocycles. The molecule has 0 bridgehead atoms. The molecule has 1 aromatic heterocycles. The lowest BCUT2D eigenvalue weighted by molar-refractivity contribution is -0.141. The number of aromatic amines is 1. The van der Waals surface area contributed by atoms with Gasteiger partial charge in [0.25, 0.3) is 5.92 Å². The smallest absolute Gasteiger partial charge is 0.433 e. The zero-order valence-electron chi connectivity index (χ0n) is 9.36. The van der Waals surface area contributed by atoms with Gasteiger partial charge in [0.05, 0.1) is 6.61 Å². The third kappa shape index (κ3) is 2.77. The van der Waals surface area contributed by atoms with Crippen LogP contribution in [0.5, 0.6) is 0 Å². The van der Waals surface area contributed by atoms with Crippen LogP contribution in [0.3, 0.4) is 0 Å². The van der Waals surface area contributed by atoms with Gasteiger partial charge in [0.2, 0.25) is 0 Å². The molecule has 0 unspecified atom stereocenters. The second kappa shape index (κ2) is 4.54. The fraction of sp³-hybridized carbons (Fsp3) is 0.556. The predicted octanol–water partition coefficient (Wildman–Crippen LogP) is 2.72. The summed E-state index contributed by atoms with van der Waals surface area (Å²) in [7, 11) is 0. The highest BCUT2D eigenvalue weighted by Crippen LogP contribution is 2.37. The molecule has 0 aliphatic rings. The van der Waals surface area contributed by atoms with E-state index in [1.54, 1.807) is 0 Å². The van der Waals surface area contributed by atoms with Gasteiger partial charge in [-0.1, -0.05) is 0 Å². The highest BCUT2D eigenvalue weighted by atomic mass is 19.4. The Hall–Kier alpha value is -1.67. The Morgan fingerprint density at radius 3 is 2.28 bits per heavy atom. The summed E-state index contributed by atoms with van der Waals surface area (Å²) in [6.07, 6.45) is -5.00. The zero-order chi connectivity index (χ0) is 14.1. The van der Waals surface area contributed by atoms with Crippen LogP contribution in [0.1, 0.15) is 35.6 Å². The van der Waals surface area contributed by atoms with Gasteiger partial charge in [0.1, 0.15) is 11.3 Å². The fourth-order valence-corrected chi connectivity index (χ4v) is 1.27. The molecule has 0 fully saturated rings. The number of esters is 1. The predicted molar refractivity (Wildman–Crippen MR) is 49.1 cm³/mol. The van der Waals surface area contributed by atoms with E-state index in [2.05, 4.69) is 9.84 Å². The summed E-state index contributed by atoms with van der Waals surface area (Å²) in [4.78, 5) is 11.3. The van der Waals surface area contributed by atoms with E-state index in [1.807, 2.05) is 0 Å². The number of nitrogens with zero attached hydrogens (tertiary/aromatic N) is 1. The summed E-state index contributed by atoms with van der Waals surface area (Å²) in [5.41, 5.74) is -4.21. The highest BCUT2D eigenvalue weighted by molar-refractivity contribution is 5.92. The van der Waals surface area contributed by atoms with Crippen LogP contribution in [0.4, 0.5) is 22.0 Å². The summed E-state index contributed by atoms with van der Waals surface area (Å²) in [6.45, 7) is 1.44. The highest BCUT2D eigenvalue weighted by Gasteiger charge is 2.44. The maximum atomic E-state index is 13.1. The van der Waals surface area contributed by atoms with E-state index < -0.39 is 35.0 Å². The van der Waals surface area contributed by atoms with Gasteiger partial charge in [-0.3, -0.25) is 5.10 Å². The number of carbonyl (C=O) groups excluding carboxylic acids is 1. The molecular weight excluding hydrogens is 263 g/mol. The van der Waals surface area contributed by atoms with Crippen LogP contribution in [0, 0.1) is 0 Å². The number of alkyl halides is 5. The van der Waals surface area contributed by atoms with Gasteiger partial charge in [0.15, 0.2) is 5.69 Å². The van der Waals surface area contributed by atoms with Crippen LogP contribution < -0.4 is 0 Å². The molecule has 0 radical (unpaired) electrons. The average Bonchev–Trinajstić information content (AvgIpc) is 2.60. The van der Waals surface area contributed by atoms with Gasteiger partial charge in [-0.25, -0.2) is 4.79 Å². The van der Waals surface area contributed by atoms with Gasteiger partial charge < -0.3 is 4.74 Å². The first-order valence-corrected chi connectivity index (χ1v) is 4.80. The van der Waals surface area contributed by atoms with Crippen LogP contribution in [-0.2, 0) is 16.8 Å². The van der Waals surface area contributed by atoms with Gasteiger partial charge in [-0.2, -0.15) is 27.1 Å². The molecule has 4 nitrogen and oxygen atoms in total. The number of nitrogens with one attached hydrogen (secondary N) is 1. The van der Waals surface area contributed by atoms with Crippen molar-refractivity contribution in [2.75, 3.05) is 6.61 Å². The average molecular weight is 272 g/mol. The number of hydrogen-bond donors (Lipinski definition) is 1. The van der Waals surface area contributed by atoms with E-state index >= 15 is 0 Å². The molecule has 1 N–H and O–H groups in total. The third-order valence-electron chi connectivity index (χ3n) is 1.95. The fourth-order valence-electron chi connectivity index (χ4n) is 1.27. The molecule has 102 valence electrons. The second-order valence-electron chi connectivity index (χ2n) is 3.43. The number of H-pyrrole nitrogens is 1. The number of aromatic nitrogens is 2. The Bertz CT molecular complexity index is 415. The molecule has 18 heavy (non-hydrogen) atoms. The Kier molecular flexibility index (Phi) is 3.63. The molecule has 0 atom stereocenters. The minimum absolute atomic E-state index is 0.240. The van der Waals surface area contributed by atoms with E-state index in [9.17, 15) is 26.7 Å². The van der Waals surface area contributed by atoms with Crippen molar-refractivity contribution in [1.82, 2.24) is 10.2 Å². The Morgan fingerprint density at radius 1 is 1.33 bits per heavy atom. The van der Waals surface area contributed by atoms with Crippen molar-refractivity contribution in [1.29, 1.82) is 0 Å². The summed E-state index contributed by atoms with van der Waals surface area (Å²) in [6, 6.07) is 0. The van der Waals surface area contributed by atoms with Crippen molar-refractivity contribution in [2.24, 2.45) is 0 Å². The van der Waals surface area contributed by atoms with E-state index in [0.29, 0.717) is 6.92 Å². The van der Waals surface area contributed by atoms with Gasteiger partial charge >= 0.3 is 12.1 Å². The molecule has 1 heterocycles. The third-order valence-corrected chi connectivity index (χ3v) is 1.95. The maximum Gasteiger partial charge on any atom is 0.433 e. The lowest BCUT2D eigenvalue weighted by atomic mass is 10.1. The summed E-state index contributed by atoms with van der Waals surface area (Å²) in [5.74, 6) is -5.18. The molecule has 0 saturated carbocycles. The molecule has 0 aliphatic carbocycles. The van der Waals surface area contributed by atoms with Crippen molar-refractivity contribution >= 4 is 5.97 Å². The van der Waals surface area contributed by atoms with Crippen LogP contribution >= 0.6 is 0 Å². The van der Waals surface area contributed by atoms with E-state index in [-0.39, 0.29) is 6.61 Å². The molecule has 1 aromatic rings. The van der Waals surface area contributed by atoms with Gasteiger partial charge in [-0.15, -0.1) is 0 Å².